The third-order valence-corrected chi connectivity index (χ3v) is 9.01. The first-order chi connectivity index (χ1) is 13.3. The lowest BCUT2D eigenvalue weighted by Crippen LogP contribution is -2.51. The van der Waals surface area contributed by atoms with Crippen molar-refractivity contribution in [2.75, 3.05) is 6.54 Å². The lowest BCUT2D eigenvalue weighted by atomic mass is 9.47. The van der Waals surface area contributed by atoms with Gasteiger partial charge in [0.05, 0.1) is 6.54 Å². The van der Waals surface area contributed by atoms with Gasteiger partial charge in [0.1, 0.15) is 6.10 Å². The molecule has 0 spiro atoms. The van der Waals surface area contributed by atoms with E-state index in [9.17, 15) is 9.59 Å². The Labute approximate surface area is 168 Å². The maximum atomic E-state index is 12.6. The van der Waals surface area contributed by atoms with Crippen molar-refractivity contribution in [3.05, 3.63) is 17.2 Å². The topological polar surface area (TPSA) is 78.0 Å². The van der Waals surface area contributed by atoms with E-state index in [0.717, 1.165) is 44.9 Å². The van der Waals surface area contributed by atoms with Crippen molar-refractivity contribution in [3.63, 3.8) is 0 Å². The Balaban J connectivity index is 1.56. The summed E-state index contributed by atoms with van der Waals surface area (Å²) in [4.78, 5) is 24.0. The summed E-state index contributed by atoms with van der Waals surface area (Å²) in [5.74, 6) is 1.88. The smallest absolute Gasteiger partial charge is 0.302 e. The lowest BCUT2D eigenvalue weighted by molar-refractivity contribution is -0.149. The van der Waals surface area contributed by atoms with Crippen molar-refractivity contribution in [1.29, 1.82) is 0 Å². The van der Waals surface area contributed by atoms with Gasteiger partial charge in [0.15, 0.2) is 5.78 Å². The number of carbonyl (C=O) groups excluding carboxylic acids is 2. The Hall–Kier alpha value is -1.52. The summed E-state index contributed by atoms with van der Waals surface area (Å²) in [6, 6.07) is 0. The fourth-order valence-corrected chi connectivity index (χ4v) is 7.67. The molecule has 5 nitrogen and oxygen atoms in total. The van der Waals surface area contributed by atoms with E-state index in [0.29, 0.717) is 17.8 Å². The highest BCUT2D eigenvalue weighted by molar-refractivity contribution is 5.84. The number of nitrogens with zero attached hydrogens (tertiary/aromatic N) is 2. The van der Waals surface area contributed by atoms with Gasteiger partial charge >= 0.3 is 5.97 Å². The first-order valence-electron chi connectivity index (χ1n) is 11.0. The van der Waals surface area contributed by atoms with Crippen LogP contribution in [0.5, 0.6) is 0 Å². The summed E-state index contributed by atoms with van der Waals surface area (Å²) in [5, 5.41) is 3.13. The Kier molecular flexibility index (Phi) is 4.99. The number of esters is 1. The number of hydrogen-bond donors (Lipinski definition) is 0. The zero-order valence-corrected chi connectivity index (χ0v) is 17.4. The van der Waals surface area contributed by atoms with E-state index in [1.807, 2.05) is 0 Å². The minimum atomic E-state index is -0.174. The molecule has 0 aliphatic heterocycles. The van der Waals surface area contributed by atoms with Crippen molar-refractivity contribution in [1.82, 2.24) is 0 Å². The normalized spacial score (nSPS) is 44.5. The summed E-state index contributed by atoms with van der Waals surface area (Å²) in [6.45, 7) is 6.20. The van der Waals surface area contributed by atoms with E-state index in [1.54, 1.807) is 0 Å². The third-order valence-electron chi connectivity index (χ3n) is 9.01. The van der Waals surface area contributed by atoms with Gasteiger partial charge < -0.3 is 15.4 Å². The van der Waals surface area contributed by atoms with Gasteiger partial charge in [-0.2, -0.15) is 0 Å². The number of carbonyl (C=O) groups is 2. The monoisotopic (exact) mass is 385 g/mol. The van der Waals surface area contributed by atoms with Gasteiger partial charge in [-0.3, -0.25) is 9.59 Å². The fraction of sp³-hybridized carbons (Fsp3) is 0.826. The average molecular weight is 386 g/mol. The zero-order chi connectivity index (χ0) is 20.1. The summed E-state index contributed by atoms with van der Waals surface area (Å²) >= 11 is 0. The molecule has 0 aromatic carbocycles. The van der Waals surface area contributed by atoms with Crippen molar-refractivity contribution >= 4 is 11.8 Å². The van der Waals surface area contributed by atoms with Crippen LogP contribution in [0, 0.1) is 34.5 Å². The fourth-order valence-electron chi connectivity index (χ4n) is 7.67. The standard InChI is InChI=1S/C23H33N2O3/c1-14(26)28-16-8-10-22(2)15(12-16)4-5-17-18-6-7-20(21(27)13-25-24)23(18,3)11-9-19(17)22/h4,16-20H,5-13H2,1-3H3/q-1/t16-,17?,18-,19?,20+,22-,23-/m0/s1. The van der Waals surface area contributed by atoms with Gasteiger partial charge in [0.2, 0.25) is 0 Å². The van der Waals surface area contributed by atoms with Gasteiger partial charge in [0.25, 0.3) is 0 Å². The van der Waals surface area contributed by atoms with E-state index >= 15 is 0 Å². The molecule has 3 fully saturated rings. The SMILES string of the molecule is CC(=O)O[C@H]1CC[C@@]2(C)C(=CCC3C2CC[C@]2(C)[C@@H](C(=O)CN=[N-])CC[C@@H]32)C1. The highest BCUT2D eigenvalue weighted by Gasteiger charge is 2.59. The molecule has 3 saturated carbocycles. The minimum absolute atomic E-state index is 0.0398. The van der Waals surface area contributed by atoms with Gasteiger partial charge in [-0.25, -0.2) is 0 Å². The molecule has 4 aliphatic carbocycles. The molecule has 154 valence electrons. The second kappa shape index (κ2) is 7.07. The predicted octanol–water partition coefficient (Wildman–Crippen LogP) is 5.09. The Morgan fingerprint density at radius 2 is 1.96 bits per heavy atom. The summed E-state index contributed by atoms with van der Waals surface area (Å²) in [6.07, 6.45) is 10.8. The van der Waals surface area contributed by atoms with Crippen LogP contribution in [-0.4, -0.2) is 24.4 Å². The predicted molar refractivity (Wildman–Crippen MR) is 106 cm³/mol. The largest absolute Gasteiger partial charge is 0.712 e. The maximum Gasteiger partial charge on any atom is 0.302 e. The molecule has 7 atom stereocenters. The summed E-state index contributed by atoms with van der Waals surface area (Å²) in [7, 11) is 0. The van der Waals surface area contributed by atoms with Gasteiger partial charge in [-0.15, -0.1) is 0 Å². The van der Waals surface area contributed by atoms with Crippen molar-refractivity contribution in [2.45, 2.75) is 78.2 Å². The summed E-state index contributed by atoms with van der Waals surface area (Å²) < 4.78 is 5.52. The van der Waals surface area contributed by atoms with Crippen LogP contribution >= 0.6 is 0 Å². The first-order valence-corrected chi connectivity index (χ1v) is 11.0. The van der Waals surface area contributed by atoms with Crippen LogP contribution in [0.1, 0.15) is 72.1 Å². The zero-order valence-electron chi connectivity index (χ0n) is 17.4. The molecule has 0 aromatic rings. The van der Waals surface area contributed by atoms with Crippen LogP contribution < -0.4 is 0 Å². The third kappa shape index (κ3) is 2.96. The number of fused-ring (bicyclic) bond motifs is 5. The molecule has 0 heterocycles. The second-order valence-corrected chi connectivity index (χ2v) is 10.2. The molecule has 0 radical (unpaired) electrons. The molecule has 0 aromatic heterocycles. The number of ketones is 1. The minimum Gasteiger partial charge on any atom is -0.712 e. The maximum absolute atomic E-state index is 12.6. The van der Waals surface area contributed by atoms with E-state index in [-0.39, 0.29) is 41.1 Å². The highest BCUT2D eigenvalue weighted by atomic mass is 16.5. The second-order valence-electron chi connectivity index (χ2n) is 10.2. The molecule has 28 heavy (non-hydrogen) atoms. The van der Waals surface area contributed by atoms with Gasteiger partial charge in [-0.1, -0.05) is 25.5 Å². The number of hydrogen-bond acceptors (Lipinski definition) is 4. The van der Waals surface area contributed by atoms with Crippen LogP contribution in [0.2, 0.25) is 0 Å². The average Bonchev–Trinajstić information content (AvgIpc) is 2.99. The van der Waals surface area contributed by atoms with Gasteiger partial charge in [-0.05, 0) is 73.5 Å². The number of rotatable bonds is 4. The molecule has 0 amide bonds. The lowest BCUT2D eigenvalue weighted by Gasteiger charge is -2.58. The van der Waals surface area contributed by atoms with Crippen LogP contribution in [0.3, 0.4) is 0 Å². The van der Waals surface area contributed by atoms with Crippen LogP contribution in [0.4, 0.5) is 0 Å². The molecule has 2 unspecified atom stereocenters. The van der Waals surface area contributed by atoms with E-state index in [4.69, 9.17) is 10.3 Å². The summed E-state index contributed by atoms with van der Waals surface area (Å²) in [5.41, 5.74) is 10.6. The number of allylic oxidation sites excluding steroid dienone is 1. The molecule has 0 bridgehead atoms. The molecule has 0 N–H and O–H groups in total. The molecule has 0 saturated heterocycles. The van der Waals surface area contributed by atoms with E-state index < -0.39 is 0 Å². The van der Waals surface area contributed by atoms with Crippen molar-refractivity contribution < 1.29 is 14.3 Å². The Bertz CT molecular complexity index is 717. The van der Waals surface area contributed by atoms with Gasteiger partial charge in [0, 0.05) is 19.3 Å². The van der Waals surface area contributed by atoms with E-state index in [1.165, 1.54) is 18.9 Å². The molecule has 4 rings (SSSR count). The Morgan fingerprint density at radius 1 is 1.18 bits per heavy atom. The Morgan fingerprint density at radius 3 is 2.68 bits per heavy atom. The number of Topliss-reactive ketones (excluding diaryl/α,β-unsaturated/α-hetero) is 1. The van der Waals surface area contributed by atoms with Crippen LogP contribution in [-0.2, 0) is 14.3 Å². The molecular formula is C23H33N2O3-. The molecule has 5 heteroatoms. The first kappa shape index (κ1) is 19.8. The number of ether oxygens (including phenoxy) is 1. The van der Waals surface area contributed by atoms with Crippen LogP contribution in [0.25, 0.3) is 5.53 Å². The quantitative estimate of drug-likeness (QED) is 0.384. The van der Waals surface area contributed by atoms with Crippen LogP contribution in [0.15, 0.2) is 16.8 Å². The molecule has 4 aliphatic rings. The van der Waals surface area contributed by atoms with Crippen molar-refractivity contribution in [3.8, 4) is 0 Å². The highest BCUT2D eigenvalue weighted by Crippen LogP contribution is 2.66. The van der Waals surface area contributed by atoms with E-state index in [2.05, 4.69) is 25.0 Å². The van der Waals surface area contributed by atoms with Crippen molar-refractivity contribution in [2.24, 2.45) is 39.6 Å². The molecular weight excluding hydrogens is 352 g/mol.